The van der Waals surface area contributed by atoms with Gasteiger partial charge in [-0.15, -0.1) is 0 Å². The molecule has 0 aromatic heterocycles. The minimum Gasteiger partial charge on any atom is -0.480 e. The molecule has 0 unspecified atom stereocenters. The van der Waals surface area contributed by atoms with Crippen LogP contribution < -0.4 is 0 Å². The number of benzene rings is 2. The number of hydrogen-bond donors (Lipinski definition) is 1. The maximum Gasteiger partial charge on any atom is 0.434 e. The number of sulfonamides is 1. The molecule has 2 aromatic rings. The number of aryl methyl sites for hydroxylation is 1. The number of carboxylic acids is 1. The van der Waals surface area contributed by atoms with Crippen LogP contribution in [0.3, 0.4) is 0 Å². The van der Waals surface area contributed by atoms with Crippen LogP contribution >= 0.6 is 0 Å². The Labute approximate surface area is 244 Å². The number of hydrogen-bond acceptors (Lipinski definition) is 8. The molecule has 226 valence electrons. The Hall–Kier alpha value is -3.52. The molecule has 1 N–H and O–H groups in total. The molecule has 3 heterocycles. The van der Waals surface area contributed by atoms with E-state index >= 15 is 0 Å². The Bertz CT molecular complexity index is 1390. The fourth-order valence-electron chi connectivity index (χ4n) is 5.59. The molecule has 0 radical (unpaired) electrons. The quantitative estimate of drug-likeness (QED) is 0.474. The fraction of sp³-hybridized carbons (Fsp3) is 0.483. The number of nitrogens with zero attached hydrogens (tertiary/aromatic N) is 3. The topological polar surface area (TPSA) is 143 Å². The predicted octanol–water partition coefficient (Wildman–Crippen LogP) is 2.56. The molecule has 5 rings (SSSR count). The van der Waals surface area contributed by atoms with Gasteiger partial charge in [-0.3, -0.25) is 4.79 Å². The second-order valence-electron chi connectivity index (χ2n) is 10.7. The summed E-state index contributed by atoms with van der Waals surface area (Å²) in [5.74, 6) is -3.05. The zero-order valence-corrected chi connectivity index (χ0v) is 24.2. The zero-order valence-electron chi connectivity index (χ0n) is 23.4. The number of rotatable bonds is 7. The molecular formula is C29H35N3O9S. The Morgan fingerprint density at radius 2 is 1.67 bits per heavy atom. The Morgan fingerprint density at radius 1 is 1.02 bits per heavy atom. The molecule has 3 fully saturated rings. The van der Waals surface area contributed by atoms with Crippen LogP contribution in [0, 0.1) is 6.92 Å². The Morgan fingerprint density at radius 3 is 2.29 bits per heavy atom. The predicted molar refractivity (Wildman–Crippen MR) is 148 cm³/mol. The number of aliphatic carboxylic acids is 1. The highest BCUT2D eigenvalue weighted by Gasteiger charge is 2.47. The first-order valence-electron chi connectivity index (χ1n) is 14.0. The average molecular weight is 602 g/mol. The third-order valence-corrected chi connectivity index (χ3v) is 9.87. The standard InChI is InChI=1S/C29H35N3O9S/c1-21-9-11-23(12-10-21)42(37,38)31-15-5-8-24(31)26(33)32(25(27(34)35)20-22-6-3-2-4-7-22)41-28(36)30-16-13-29(14-17-30)39-18-19-40-29/h2-4,6-7,9-12,24-25H,5,8,13-20H2,1H3,(H,34,35)/t24-,25-/m0/s1. The van der Waals surface area contributed by atoms with Gasteiger partial charge in [0.05, 0.1) is 18.1 Å². The molecule has 2 aromatic carbocycles. The van der Waals surface area contributed by atoms with Gasteiger partial charge in [0.2, 0.25) is 10.0 Å². The molecule has 2 amide bonds. The summed E-state index contributed by atoms with van der Waals surface area (Å²) in [6, 6.07) is 12.1. The molecule has 0 aliphatic carbocycles. The fourth-order valence-corrected chi connectivity index (χ4v) is 7.25. The number of carbonyl (C=O) groups is 3. The summed E-state index contributed by atoms with van der Waals surface area (Å²) >= 11 is 0. The van der Waals surface area contributed by atoms with E-state index in [-0.39, 0.29) is 37.4 Å². The van der Waals surface area contributed by atoms with E-state index in [2.05, 4.69) is 0 Å². The molecule has 0 bridgehead atoms. The number of piperidine rings is 1. The van der Waals surface area contributed by atoms with Gasteiger partial charge >= 0.3 is 12.1 Å². The van der Waals surface area contributed by atoms with Crippen LogP contribution in [0.15, 0.2) is 59.5 Å². The molecular weight excluding hydrogens is 566 g/mol. The molecule has 0 saturated carbocycles. The molecule has 13 heteroatoms. The second-order valence-corrected chi connectivity index (χ2v) is 12.6. The number of carboxylic acid groups (broad SMARTS) is 1. The maximum absolute atomic E-state index is 14.1. The van der Waals surface area contributed by atoms with Crippen molar-refractivity contribution in [3.8, 4) is 0 Å². The van der Waals surface area contributed by atoms with Crippen molar-refractivity contribution >= 4 is 28.0 Å². The van der Waals surface area contributed by atoms with E-state index in [4.69, 9.17) is 14.3 Å². The van der Waals surface area contributed by atoms with Gasteiger partial charge in [0.1, 0.15) is 6.04 Å². The van der Waals surface area contributed by atoms with E-state index in [0.29, 0.717) is 43.1 Å². The lowest BCUT2D eigenvalue weighted by Gasteiger charge is -2.38. The molecule has 42 heavy (non-hydrogen) atoms. The van der Waals surface area contributed by atoms with Crippen LogP contribution in [0.1, 0.15) is 36.8 Å². The van der Waals surface area contributed by atoms with Crippen LogP contribution in [0.2, 0.25) is 0 Å². The van der Waals surface area contributed by atoms with E-state index in [1.807, 2.05) is 6.92 Å². The third kappa shape index (κ3) is 6.28. The molecule has 3 aliphatic rings. The average Bonchev–Trinajstić information content (AvgIpc) is 3.66. The summed E-state index contributed by atoms with van der Waals surface area (Å²) in [5, 5.41) is 10.8. The number of likely N-dealkylation sites (tertiary alicyclic amines) is 1. The van der Waals surface area contributed by atoms with Gasteiger partial charge < -0.3 is 24.3 Å². The van der Waals surface area contributed by atoms with Gasteiger partial charge in [0.15, 0.2) is 11.8 Å². The van der Waals surface area contributed by atoms with Crippen LogP contribution in [0.5, 0.6) is 0 Å². The van der Waals surface area contributed by atoms with Crippen molar-refractivity contribution < 1.29 is 42.2 Å². The van der Waals surface area contributed by atoms with Gasteiger partial charge in [-0.1, -0.05) is 48.0 Å². The third-order valence-electron chi connectivity index (χ3n) is 7.95. The summed E-state index contributed by atoms with van der Waals surface area (Å²) in [6.45, 7) is 3.27. The SMILES string of the molecule is Cc1ccc(S(=O)(=O)N2CCC[C@H]2C(=O)N(OC(=O)N2CCC3(CC2)OCCO3)[C@@H](Cc2ccccc2)C(=O)O)cc1. The lowest BCUT2D eigenvalue weighted by Crippen LogP contribution is -2.56. The highest BCUT2D eigenvalue weighted by molar-refractivity contribution is 7.89. The van der Waals surface area contributed by atoms with Crippen molar-refractivity contribution in [2.45, 2.75) is 61.8 Å². The Balaban J connectivity index is 1.41. The monoisotopic (exact) mass is 601 g/mol. The number of carbonyl (C=O) groups excluding carboxylic acids is 2. The van der Waals surface area contributed by atoms with E-state index in [9.17, 15) is 27.9 Å². The van der Waals surface area contributed by atoms with Crippen LogP contribution in [0.4, 0.5) is 4.79 Å². The largest absolute Gasteiger partial charge is 0.480 e. The summed E-state index contributed by atoms with van der Waals surface area (Å²) in [7, 11) is -4.09. The highest BCUT2D eigenvalue weighted by Crippen LogP contribution is 2.32. The van der Waals surface area contributed by atoms with E-state index in [1.165, 1.54) is 17.0 Å². The van der Waals surface area contributed by atoms with Crippen molar-refractivity contribution in [2.75, 3.05) is 32.8 Å². The van der Waals surface area contributed by atoms with Gasteiger partial charge in [-0.25, -0.2) is 18.0 Å². The maximum atomic E-state index is 14.1. The van der Waals surface area contributed by atoms with E-state index in [0.717, 1.165) is 9.87 Å². The number of amides is 2. The normalized spacial score (nSPS) is 21.3. The van der Waals surface area contributed by atoms with Crippen molar-refractivity contribution in [2.24, 2.45) is 0 Å². The van der Waals surface area contributed by atoms with E-state index < -0.39 is 45.9 Å². The summed E-state index contributed by atoms with van der Waals surface area (Å²) in [6.07, 6.45) is 0.268. The van der Waals surface area contributed by atoms with Crippen LogP contribution in [-0.2, 0) is 40.3 Å². The minimum absolute atomic E-state index is 0.0222. The number of hydroxylamine groups is 2. The lowest BCUT2D eigenvalue weighted by atomic mass is 10.0. The van der Waals surface area contributed by atoms with Crippen molar-refractivity contribution in [1.29, 1.82) is 0 Å². The smallest absolute Gasteiger partial charge is 0.434 e. The van der Waals surface area contributed by atoms with E-state index in [1.54, 1.807) is 42.5 Å². The van der Waals surface area contributed by atoms with Crippen molar-refractivity contribution in [3.63, 3.8) is 0 Å². The first-order chi connectivity index (χ1) is 20.1. The van der Waals surface area contributed by atoms with Gasteiger partial charge in [0.25, 0.3) is 5.91 Å². The van der Waals surface area contributed by atoms with Gasteiger partial charge in [0, 0.05) is 38.9 Å². The summed E-state index contributed by atoms with van der Waals surface area (Å²) in [5.41, 5.74) is 1.48. The molecule has 1 spiro atoms. The number of ether oxygens (including phenoxy) is 2. The molecule has 3 aliphatic heterocycles. The van der Waals surface area contributed by atoms with Gasteiger partial charge in [-0.2, -0.15) is 9.37 Å². The first-order valence-corrected chi connectivity index (χ1v) is 15.5. The van der Waals surface area contributed by atoms with Crippen LogP contribution in [0.25, 0.3) is 0 Å². The summed E-state index contributed by atoms with van der Waals surface area (Å²) in [4.78, 5) is 46.9. The van der Waals surface area contributed by atoms with Crippen molar-refractivity contribution in [1.82, 2.24) is 14.3 Å². The Kier molecular flexibility index (Phi) is 8.83. The highest BCUT2D eigenvalue weighted by atomic mass is 32.2. The molecule has 2 atom stereocenters. The zero-order chi connectivity index (χ0) is 29.9. The lowest BCUT2D eigenvalue weighted by molar-refractivity contribution is -0.199. The molecule has 12 nitrogen and oxygen atoms in total. The first kappa shape index (κ1) is 30.0. The van der Waals surface area contributed by atoms with Crippen molar-refractivity contribution in [3.05, 3.63) is 65.7 Å². The van der Waals surface area contributed by atoms with Crippen LogP contribution in [-0.4, -0.2) is 96.5 Å². The second kappa shape index (κ2) is 12.4. The van der Waals surface area contributed by atoms with Gasteiger partial charge in [-0.05, 0) is 37.5 Å². The summed E-state index contributed by atoms with van der Waals surface area (Å²) < 4.78 is 39.6. The minimum atomic E-state index is -4.09. The molecule has 3 saturated heterocycles.